The first kappa shape index (κ1) is 10.1. The summed E-state index contributed by atoms with van der Waals surface area (Å²) in [5.41, 5.74) is 10.6. The molecule has 1 aromatic rings. The third-order valence-electron chi connectivity index (χ3n) is 2.80. The lowest BCUT2D eigenvalue weighted by atomic mass is 9.94. The smallest absolute Gasteiger partial charge is 0.0373 e. The Kier molecular flexibility index (Phi) is 2.97. The van der Waals surface area contributed by atoms with Gasteiger partial charge in [-0.3, -0.25) is 0 Å². The van der Waals surface area contributed by atoms with E-state index in [1.807, 2.05) is 0 Å². The Hall–Kier alpha value is -0.980. The second-order valence-electron chi connectivity index (χ2n) is 3.88. The number of aryl methyl sites for hydroxylation is 2. The Balaban J connectivity index is 3.13. The van der Waals surface area contributed by atoms with E-state index in [2.05, 4.69) is 39.8 Å². The summed E-state index contributed by atoms with van der Waals surface area (Å²) in [6.07, 6.45) is 1.18. The molecule has 0 aromatic heterocycles. The lowest BCUT2D eigenvalue weighted by molar-refractivity contribution is 0.732. The molecule has 1 nitrogen and oxygen atoms in total. The molecule has 72 valence electrons. The summed E-state index contributed by atoms with van der Waals surface area (Å²) in [4.78, 5) is 0. The van der Waals surface area contributed by atoms with E-state index < -0.39 is 0 Å². The maximum Gasteiger partial charge on any atom is 0.0373 e. The van der Waals surface area contributed by atoms with E-state index in [0.717, 1.165) is 5.69 Å². The Morgan fingerprint density at radius 3 is 2.08 bits per heavy atom. The average molecular weight is 177 g/mol. The number of rotatable bonds is 2. The van der Waals surface area contributed by atoms with Crippen molar-refractivity contribution in [2.45, 2.75) is 40.0 Å². The third-order valence-corrected chi connectivity index (χ3v) is 2.80. The Labute approximate surface area is 81.0 Å². The number of nitrogens with two attached hydrogens (primary N) is 1. The van der Waals surface area contributed by atoms with Crippen LogP contribution in [0.15, 0.2) is 12.1 Å². The van der Waals surface area contributed by atoms with Crippen molar-refractivity contribution in [3.8, 4) is 0 Å². The maximum atomic E-state index is 5.89. The van der Waals surface area contributed by atoms with Gasteiger partial charge < -0.3 is 5.73 Å². The molecule has 2 N–H and O–H groups in total. The molecule has 1 atom stereocenters. The van der Waals surface area contributed by atoms with Crippen LogP contribution in [0, 0.1) is 13.8 Å². The minimum Gasteiger partial charge on any atom is -0.398 e. The van der Waals surface area contributed by atoms with Gasteiger partial charge in [-0.2, -0.15) is 0 Å². The van der Waals surface area contributed by atoms with Gasteiger partial charge in [0.2, 0.25) is 0 Å². The van der Waals surface area contributed by atoms with Crippen molar-refractivity contribution in [1.82, 2.24) is 0 Å². The highest BCUT2D eigenvalue weighted by Gasteiger charge is 2.06. The monoisotopic (exact) mass is 177 g/mol. The fourth-order valence-electron chi connectivity index (χ4n) is 1.53. The van der Waals surface area contributed by atoms with Crippen molar-refractivity contribution in [1.29, 1.82) is 0 Å². The summed E-state index contributed by atoms with van der Waals surface area (Å²) < 4.78 is 0. The van der Waals surface area contributed by atoms with Gasteiger partial charge in [-0.1, -0.05) is 26.0 Å². The maximum absolute atomic E-state index is 5.89. The predicted octanol–water partition coefficient (Wildman–Crippen LogP) is 3.40. The van der Waals surface area contributed by atoms with Crippen LogP contribution in [0.2, 0.25) is 0 Å². The molecule has 0 aliphatic heterocycles. The normalized spacial score (nSPS) is 12.9. The zero-order chi connectivity index (χ0) is 10.0. The molecule has 1 rings (SSSR count). The molecule has 0 aliphatic carbocycles. The van der Waals surface area contributed by atoms with Gasteiger partial charge in [0.1, 0.15) is 0 Å². The van der Waals surface area contributed by atoms with Gasteiger partial charge in [-0.05, 0) is 42.9 Å². The summed E-state index contributed by atoms with van der Waals surface area (Å²) in [5.74, 6) is 0.637. The summed E-state index contributed by atoms with van der Waals surface area (Å²) in [6, 6.07) is 4.41. The van der Waals surface area contributed by atoms with Crippen LogP contribution in [-0.4, -0.2) is 0 Å². The lowest BCUT2D eigenvalue weighted by Gasteiger charge is -2.13. The van der Waals surface area contributed by atoms with Crippen LogP contribution in [0.4, 0.5) is 5.69 Å². The Morgan fingerprint density at radius 1 is 1.23 bits per heavy atom. The first-order valence-corrected chi connectivity index (χ1v) is 4.92. The topological polar surface area (TPSA) is 26.0 Å². The predicted molar refractivity (Wildman–Crippen MR) is 59.0 cm³/mol. The van der Waals surface area contributed by atoms with Crippen molar-refractivity contribution in [2.24, 2.45) is 0 Å². The van der Waals surface area contributed by atoms with Crippen LogP contribution in [0.1, 0.15) is 42.9 Å². The number of hydrogen-bond acceptors (Lipinski definition) is 1. The molecule has 1 heteroatoms. The van der Waals surface area contributed by atoms with E-state index in [4.69, 9.17) is 5.73 Å². The molecule has 0 bridgehead atoms. The van der Waals surface area contributed by atoms with E-state index in [-0.39, 0.29) is 0 Å². The second kappa shape index (κ2) is 3.82. The van der Waals surface area contributed by atoms with Gasteiger partial charge in [0.15, 0.2) is 0 Å². The van der Waals surface area contributed by atoms with Gasteiger partial charge in [-0.15, -0.1) is 0 Å². The van der Waals surface area contributed by atoms with Crippen molar-refractivity contribution in [3.05, 3.63) is 28.8 Å². The first-order chi connectivity index (χ1) is 6.06. The highest BCUT2D eigenvalue weighted by molar-refractivity contribution is 5.54. The minimum absolute atomic E-state index is 0.637. The molecule has 0 spiro atoms. The fourth-order valence-corrected chi connectivity index (χ4v) is 1.53. The molecule has 0 aliphatic rings. The number of nitrogen functional groups attached to an aromatic ring is 1. The fraction of sp³-hybridized carbons (Fsp3) is 0.500. The van der Waals surface area contributed by atoms with Crippen LogP contribution < -0.4 is 5.73 Å². The summed E-state index contributed by atoms with van der Waals surface area (Å²) in [7, 11) is 0. The standard InChI is InChI=1S/C12H19N/c1-5-8(2)11-6-9(3)12(13)10(4)7-11/h6-8H,5,13H2,1-4H3. The largest absolute Gasteiger partial charge is 0.398 e. The molecule has 1 unspecified atom stereocenters. The first-order valence-electron chi connectivity index (χ1n) is 4.92. The zero-order valence-corrected chi connectivity index (χ0v) is 9.02. The number of anilines is 1. The van der Waals surface area contributed by atoms with Gasteiger partial charge in [-0.25, -0.2) is 0 Å². The van der Waals surface area contributed by atoms with Crippen molar-refractivity contribution in [2.75, 3.05) is 5.73 Å². The summed E-state index contributed by atoms with van der Waals surface area (Å²) >= 11 is 0. The van der Waals surface area contributed by atoms with E-state index in [1.165, 1.54) is 23.1 Å². The second-order valence-corrected chi connectivity index (χ2v) is 3.88. The molecule has 13 heavy (non-hydrogen) atoms. The summed E-state index contributed by atoms with van der Waals surface area (Å²) in [6.45, 7) is 8.62. The van der Waals surface area contributed by atoms with Crippen LogP contribution in [-0.2, 0) is 0 Å². The average Bonchev–Trinajstić information content (AvgIpc) is 2.12. The van der Waals surface area contributed by atoms with E-state index in [0.29, 0.717) is 5.92 Å². The van der Waals surface area contributed by atoms with Crippen LogP contribution >= 0.6 is 0 Å². The molecule has 0 saturated carbocycles. The minimum atomic E-state index is 0.637. The van der Waals surface area contributed by atoms with Crippen LogP contribution in [0.25, 0.3) is 0 Å². The van der Waals surface area contributed by atoms with Crippen molar-refractivity contribution >= 4 is 5.69 Å². The molecular formula is C12H19N. The SMILES string of the molecule is CCC(C)c1cc(C)c(N)c(C)c1. The van der Waals surface area contributed by atoms with E-state index in [1.54, 1.807) is 0 Å². The van der Waals surface area contributed by atoms with Crippen LogP contribution in [0.5, 0.6) is 0 Å². The third kappa shape index (κ3) is 2.03. The van der Waals surface area contributed by atoms with Crippen LogP contribution in [0.3, 0.4) is 0 Å². The Bertz CT molecular complexity index is 279. The number of benzene rings is 1. The highest BCUT2D eigenvalue weighted by atomic mass is 14.6. The Morgan fingerprint density at radius 2 is 1.69 bits per heavy atom. The van der Waals surface area contributed by atoms with Crippen molar-refractivity contribution < 1.29 is 0 Å². The summed E-state index contributed by atoms with van der Waals surface area (Å²) in [5, 5.41) is 0. The molecule has 0 heterocycles. The molecule has 0 amide bonds. The van der Waals surface area contributed by atoms with Gasteiger partial charge in [0.05, 0.1) is 0 Å². The molecular weight excluding hydrogens is 158 g/mol. The molecule has 1 aromatic carbocycles. The number of hydrogen-bond donors (Lipinski definition) is 1. The van der Waals surface area contributed by atoms with Gasteiger partial charge in [0, 0.05) is 5.69 Å². The molecule has 0 fully saturated rings. The zero-order valence-electron chi connectivity index (χ0n) is 9.02. The molecule has 0 radical (unpaired) electrons. The quantitative estimate of drug-likeness (QED) is 0.688. The van der Waals surface area contributed by atoms with Crippen molar-refractivity contribution in [3.63, 3.8) is 0 Å². The molecule has 0 saturated heterocycles. The van der Waals surface area contributed by atoms with Gasteiger partial charge >= 0.3 is 0 Å². The lowest BCUT2D eigenvalue weighted by Crippen LogP contribution is -1.98. The van der Waals surface area contributed by atoms with E-state index >= 15 is 0 Å². The van der Waals surface area contributed by atoms with Gasteiger partial charge in [0.25, 0.3) is 0 Å². The van der Waals surface area contributed by atoms with E-state index in [9.17, 15) is 0 Å². The highest BCUT2D eigenvalue weighted by Crippen LogP contribution is 2.25.